The normalized spacial score (nSPS) is 8.73. The van der Waals surface area contributed by atoms with E-state index in [1.54, 1.807) is 0 Å². The molecule has 3 radical (unpaired) electrons. The Morgan fingerprint density at radius 2 is 0.576 bits per heavy atom. The number of benzene rings is 2. The summed E-state index contributed by atoms with van der Waals surface area (Å²) in [5.74, 6) is -9.06. The molecule has 2 aromatic carbocycles. The number of carboxylic acid groups (broad SMARTS) is 6. The predicted octanol–water partition coefficient (Wildman–Crippen LogP) is 1.55. The first-order valence-electron chi connectivity index (χ1n) is 7.55. The van der Waals surface area contributed by atoms with Gasteiger partial charge in [0.05, 0.1) is 33.4 Å². The monoisotopic (exact) mass is 597 g/mol. The second-order valence-electron chi connectivity index (χ2n) is 5.29. The molecule has 0 aliphatic heterocycles. The summed E-state index contributed by atoms with van der Waals surface area (Å²) in [6.45, 7) is 0. The molecule has 12 nitrogen and oxygen atoms in total. The van der Waals surface area contributed by atoms with Crippen LogP contribution in [0.15, 0.2) is 36.4 Å². The Hall–Kier alpha value is -3.22. The van der Waals surface area contributed by atoms with Gasteiger partial charge in [0.1, 0.15) is 0 Å². The van der Waals surface area contributed by atoms with Crippen molar-refractivity contribution in [2.75, 3.05) is 0 Å². The van der Waals surface area contributed by atoms with Gasteiger partial charge in [-0.05, 0) is 24.3 Å². The van der Waals surface area contributed by atoms with Crippen LogP contribution in [0.3, 0.4) is 0 Å². The quantitative estimate of drug-likeness (QED) is 0.279. The van der Waals surface area contributed by atoms with Crippen LogP contribution < -0.4 is 0 Å². The van der Waals surface area contributed by atoms with Crippen LogP contribution in [0.5, 0.6) is 0 Å². The smallest absolute Gasteiger partial charge is 0.337 e. The standard InChI is InChI=1S/2C9H6O6.3Co/c2*10-7(11)4-2-1-3-5(8(12)13)6(4)9(14)15;;;/h2*1-3H,(H,10,11)(H,12,13)(H,14,15);;;. The SMILES string of the molecule is O=C(O)c1cccc(C(=O)O)c1C(=O)O.O=C(O)c1cccc(C(=O)O)c1C(=O)O.[Co].[Co].[Co]. The number of carbonyl (C=O) groups is 6. The molecule has 0 saturated heterocycles. The van der Waals surface area contributed by atoms with Crippen LogP contribution >= 0.6 is 0 Å². The van der Waals surface area contributed by atoms with Gasteiger partial charge >= 0.3 is 35.8 Å². The number of hydrogen-bond acceptors (Lipinski definition) is 6. The summed E-state index contributed by atoms with van der Waals surface area (Å²) < 4.78 is 0. The van der Waals surface area contributed by atoms with Crippen LogP contribution in [-0.4, -0.2) is 66.5 Å². The van der Waals surface area contributed by atoms with Crippen molar-refractivity contribution in [3.63, 3.8) is 0 Å². The van der Waals surface area contributed by atoms with Gasteiger partial charge in [0.2, 0.25) is 0 Å². The molecule has 2 aromatic rings. The van der Waals surface area contributed by atoms with Crippen molar-refractivity contribution in [2.45, 2.75) is 0 Å². The predicted molar refractivity (Wildman–Crippen MR) is 94.6 cm³/mol. The van der Waals surface area contributed by atoms with Crippen molar-refractivity contribution in [3.05, 3.63) is 69.8 Å². The van der Waals surface area contributed by atoms with Gasteiger partial charge in [-0.1, -0.05) is 12.1 Å². The molecule has 0 aromatic heterocycles. The third-order valence-corrected chi connectivity index (χ3v) is 3.48. The minimum absolute atomic E-state index is 0. The molecular formula is C18H12Co3O12. The van der Waals surface area contributed by atoms with E-state index in [9.17, 15) is 28.8 Å². The van der Waals surface area contributed by atoms with Crippen LogP contribution in [0.25, 0.3) is 0 Å². The van der Waals surface area contributed by atoms with Crippen LogP contribution in [-0.2, 0) is 50.3 Å². The average Bonchev–Trinajstić information content (AvgIpc) is 2.66. The van der Waals surface area contributed by atoms with E-state index in [1.165, 1.54) is 12.1 Å². The fraction of sp³-hybridized carbons (Fsp3) is 0. The Morgan fingerprint density at radius 3 is 0.697 bits per heavy atom. The summed E-state index contributed by atoms with van der Waals surface area (Å²) in [7, 11) is 0. The molecular weight excluding hydrogens is 585 g/mol. The first-order valence-corrected chi connectivity index (χ1v) is 7.55. The second kappa shape index (κ2) is 14.8. The maximum absolute atomic E-state index is 10.7. The fourth-order valence-corrected chi connectivity index (χ4v) is 2.28. The van der Waals surface area contributed by atoms with Crippen molar-refractivity contribution >= 4 is 35.8 Å². The van der Waals surface area contributed by atoms with Crippen molar-refractivity contribution in [2.24, 2.45) is 0 Å². The van der Waals surface area contributed by atoms with E-state index in [0.29, 0.717) is 0 Å². The van der Waals surface area contributed by atoms with E-state index >= 15 is 0 Å². The first-order chi connectivity index (χ1) is 13.9. The van der Waals surface area contributed by atoms with E-state index in [1.807, 2.05) is 0 Å². The summed E-state index contributed by atoms with van der Waals surface area (Å²) in [4.78, 5) is 64.0. The zero-order valence-corrected chi connectivity index (χ0v) is 18.7. The number of aromatic carboxylic acids is 6. The van der Waals surface area contributed by atoms with Crippen molar-refractivity contribution in [3.8, 4) is 0 Å². The van der Waals surface area contributed by atoms with E-state index in [0.717, 1.165) is 24.3 Å². The van der Waals surface area contributed by atoms with Gasteiger partial charge in [0.15, 0.2) is 0 Å². The van der Waals surface area contributed by atoms with Gasteiger partial charge in [0, 0.05) is 50.3 Å². The van der Waals surface area contributed by atoms with Crippen LogP contribution in [0, 0.1) is 0 Å². The van der Waals surface area contributed by atoms with Crippen LogP contribution in [0.2, 0.25) is 0 Å². The maximum atomic E-state index is 10.7. The molecule has 0 bridgehead atoms. The van der Waals surface area contributed by atoms with E-state index < -0.39 is 69.2 Å². The second-order valence-corrected chi connectivity index (χ2v) is 5.29. The summed E-state index contributed by atoms with van der Waals surface area (Å²) in [5, 5.41) is 52.1. The number of carboxylic acids is 6. The Labute approximate surface area is 214 Å². The van der Waals surface area contributed by atoms with Crippen molar-refractivity contribution in [1.29, 1.82) is 0 Å². The zero-order chi connectivity index (χ0) is 23.2. The molecule has 0 saturated carbocycles. The fourth-order valence-electron chi connectivity index (χ4n) is 2.28. The maximum Gasteiger partial charge on any atom is 0.337 e. The molecule has 33 heavy (non-hydrogen) atoms. The Kier molecular flexibility index (Phi) is 15.4. The molecule has 2 rings (SSSR count). The van der Waals surface area contributed by atoms with Crippen molar-refractivity contribution in [1.82, 2.24) is 0 Å². The molecule has 0 atom stereocenters. The Morgan fingerprint density at radius 1 is 0.394 bits per heavy atom. The summed E-state index contributed by atoms with van der Waals surface area (Å²) in [5.41, 5.74) is -3.58. The topological polar surface area (TPSA) is 224 Å². The average molecular weight is 597 g/mol. The molecule has 0 aliphatic rings. The van der Waals surface area contributed by atoms with Gasteiger partial charge in [0.25, 0.3) is 0 Å². The van der Waals surface area contributed by atoms with E-state index in [-0.39, 0.29) is 50.3 Å². The van der Waals surface area contributed by atoms with Gasteiger partial charge in [-0.15, -0.1) is 0 Å². The summed E-state index contributed by atoms with van der Waals surface area (Å²) in [6, 6.07) is 6.52. The molecule has 0 heterocycles. The molecule has 15 heteroatoms. The minimum Gasteiger partial charge on any atom is -0.478 e. The summed E-state index contributed by atoms with van der Waals surface area (Å²) in [6.07, 6.45) is 0. The first kappa shape index (κ1) is 34.4. The number of rotatable bonds is 6. The van der Waals surface area contributed by atoms with Gasteiger partial charge < -0.3 is 30.6 Å². The van der Waals surface area contributed by atoms with Gasteiger partial charge in [-0.2, -0.15) is 0 Å². The minimum atomic E-state index is -1.58. The molecule has 0 amide bonds. The number of hydrogen-bond donors (Lipinski definition) is 6. The largest absolute Gasteiger partial charge is 0.478 e. The summed E-state index contributed by atoms with van der Waals surface area (Å²) >= 11 is 0. The van der Waals surface area contributed by atoms with E-state index in [4.69, 9.17) is 30.6 Å². The molecule has 183 valence electrons. The molecule has 0 spiro atoms. The van der Waals surface area contributed by atoms with Gasteiger partial charge in [-0.3, -0.25) is 0 Å². The van der Waals surface area contributed by atoms with E-state index in [2.05, 4.69) is 0 Å². The Bertz CT molecular complexity index is 931. The third-order valence-electron chi connectivity index (χ3n) is 3.48. The van der Waals surface area contributed by atoms with Crippen molar-refractivity contribution < 1.29 is 110 Å². The molecule has 0 fully saturated rings. The molecule has 0 aliphatic carbocycles. The third kappa shape index (κ3) is 8.67. The van der Waals surface area contributed by atoms with Gasteiger partial charge in [-0.25, -0.2) is 28.8 Å². The molecule has 0 unspecified atom stereocenters. The van der Waals surface area contributed by atoms with Crippen LogP contribution in [0.4, 0.5) is 0 Å². The Balaban J connectivity index is -0.000000500. The molecule has 6 N–H and O–H groups in total. The van der Waals surface area contributed by atoms with Crippen LogP contribution in [0.1, 0.15) is 62.1 Å². The zero-order valence-electron chi connectivity index (χ0n) is 15.6.